The molecule has 0 spiro atoms. The normalized spacial score (nSPS) is 15.5. The van der Waals surface area contributed by atoms with Crippen LogP contribution in [-0.4, -0.2) is 17.4 Å². The summed E-state index contributed by atoms with van der Waals surface area (Å²) in [6.07, 6.45) is 0.0287. The van der Waals surface area contributed by atoms with Crippen LogP contribution in [0.1, 0.15) is 37.6 Å². The first-order valence-corrected chi connectivity index (χ1v) is 7.68. The molecule has 0 aliphatic carbocycles. The number of hydrogen-bond donors (Lipinski definition) is 1. The minimum atomic E-state index is -0.696. The Hall–Kier alpha value is -2.50. The molecule has 0 atom stereocenters. The number of hydrogen-bond acceptors (Lipinski definition) is 2. The molecule has 1 aromatic carbocycles. The summed E-state index contributed by atoms with van der Waals surface area (Å²) < 4.78 is 26.9. The number of nitrogens with zero attached hydrogens (tertiary/aromatic N) is 1. The fraction of sp³-hybridized carbons (Fsp3) is 0.333. The van der Waals surface area contributed by atoms with Crippen LogP contribution in [0, 0.1) is 11.6 Å². The minimum absolute atomic E-state index is 0.0287. The molecule has 1 amide bonds. The molecular weight excluding hydrogens is 314 g/mol. The molecule has 0 saturated carbocycles. The van der Waals surface area contributed by atoms with Crippen molar-refractivity contribution in [2.24, 2.45) is 0 Å². The van der Waals surface area contributed by atoms with Crippen LogP contribution in [0.15, 0.2) is 29.1 Å². The molecule has 2 heterocycles. The summed E-state index contributed by atoms with van der Waals surface area (Å²) in [6, 6.07) is 4.91. The predicted octanol–water partition coefficient (Wildman–Crippen LogP) is 2.89. The van der Waals surface area contributed by atoms with E-state index in [1.165, 1.54) is 13.0 Å². The van der Waals surface area contributed by atoms with Crippen LogP contribution in [0.2, 0.25) is 0 Å². The Morgan fingerprint density at radius 2 is 1.96 bits per heavy atom. The van der Waals surface area contributed by atoms with Crippen molar-refractivity contribution in [1.29, 1.82) is 0 Å². The van der Waals surface area contributed by atoms with Gasteiger partial charge in [-0.05, 0) is 17.7 Å². The Morgan fingerprint density at radius 1 is 1.25 bits per heavy atom. The minimum Gasteiger partial charge on any atom is -0.323 e. The lowest BCUT2D eigenvalue weighted by Gasteiger charge is -2.18. The number of fused-ring (bicyclic) bond motifs is 1. The molecule has 1 aromatic heterocycles. The zero-order chi connectivity index (χ0) is 17.6. The summed E-state index contributed by atoms with van der Waals surface area (Å²) >= 11 is 0. The lowest BCUT2D eigenvalue weighted by molar-refractivity contribution is -0.116. The third-order valence-electron chi connectivity index (χ3n) is 4.39. The highest BCUT2D eigenvalue weighted by Crippen LogP contribution is 2.38. The van der Waals surface area contributed by atoms with Gasteiger partial charge in [-0.2, -0.15) is 0 Å². The maximum Gasteiger partial charge on any atom is 0.251 e. The van der Waals surface area contributed by atoms with E-state index in [0.717, 1.165) is 12.1 Å². The van der Waals surface area contributed by atoms with E-state index in [0.29, 0.717) is 23.5 Å². The van der Waals surface area contributed by atoms with Gasteiger partial charge in [-0.1, -0.05) is 19.9 Å². The summed E-state index contributed by atoms with van der Waals surface area (Å²) in [4.78, 5) is 28.7. The number of amides is 1. The van der Waals surface area contributed by atoms with E-state index in [4.69, 9.17) is 0 Å². The average molecular weight is 332 g/mol. The highest BCUT2D eigenvalue weighted by molar-refractivity contribution is 5.94. The lowest BCUT2D eigenvalue weighted by atomic mass is 9.91. The Kier molecular flexibility index (Phi) is 3.78. The number of aromatic nitrogens is 1. The molecule has 0 bridgehead atoms. The molecule has 24 heavy (non-hydrogen) atoms. The third-order valence-corrected chi connectivity index (χ3v) is 4.39. The molecule has 1 aliphatic heterocycles. The van der Waals surface area contributed by atoms with Gasteiger partial charge in [0.2, 0.25) is 5.91 Å². The SMILES string of the molecule is CC(=O)N1CC(C)(C)c2[nH]c(=O)c(Cc3ccc(F)cc3F)cc21. The Balaban J connectivity index is 2.07. The van der Waals surface area contributed by atoms with Crippen LogP contribution in [0.3, 0.4) is 0 Å². The highest BCUT2D eigenvalue weighted by Gasteiger charge is 2.38. The molecule has 2 aromatic rings. The van der Waals surface area contributed by atoms with Gasteiger partial charge in [-0.15, -0.1) is 0 Å². The van der Waals surface area contributed by atoms with E-state index >= 15 is 0 Å². The summed E-state index contributed by atoms with van der Waals surface area (Å²) in [6.45, 7) is 5.84. The number of carbonyl (C=O) groups is 1. The van der Waals surface area contributed by atoms with Gasteiger partial charge in [0.05, 0.1) is 5.69 Å². The highest BCUT2D eigenvalue weighted by atomic mass is 19.1. The van der Waals surface area contributed by atoms with Crippen molar-refractivity contribution in [2.45, 2.75) is 32.6 Å². The molecule has 126 valence electrons. The number of rotatable bonds is 2. The lowest BCUT2D eigenvalue weighted by Crippen LogP contribution is -2.32. The number of aromatic amines is 1. The number of H-pyrrole nitrogens is 1. The molecule has 3 rings (SSSR count). The fourth-order valence-electron chi connectivity index (χ4n) is 3.13. The molecule has 0 fully saturated rings. The zero-order valence-corrected chi connectivity index (χ0v) is 13.7. The van der Waals surface area contributed by atoms with Gasteiger partial charge in [-0.3, -0.25) is 9.59 Å². The van der Waals surface area contributed by atoms with Crippen molar-refractivity contribution < 1.29 is 13.6 Å². The van der Waals surface area contributed by atoms with E-state index in [9.17, 15) is 18.4 Å². The molecule has 1 aliphatic rings. The van der Waals surface area contributed by atoms with Crippen LogP contribution in [0.25, 0.3) is 0 Å². The van der Waals surface area contributed by atoms with E-state index in [1.54, 1.807) is 11.0 Å². The maximum atomic E-state index is 13.9. The third kappa shape index (κ3) is 2.72. The Morgan fingerprint density at radius 3 is 2.58 bits per heavy atom. The van der Waals surface area contributed by atoms with Crippen molar-refractivity contribution >= 4 is 11.6 Å². The Bertz CT molecular complexity index is 887. The van der Waals surface area contributed by atoms with Crippen LogP contribution < -0.4 is 10.5 Å². The quantitative estimate of drug-likeness (QED) is 0.919. The van der Waals surface area contributed by atoms with E-state index in [1.807, 2.05) is 13.8 Å². The standard InChI is InChI=1S/C18H18F2N2O2/c1-10(23)22-9-18(2,3)16-15(22)7-12(17(24)21-16)6-11-4-5-13(19)8-14(11)20/h4-5,7-8H,6,9H2,1-3H3,(H,21,24). The maximum absolute atomic E-state index is 13.9. The molecule has 6 heteroatoms. The van der Waals surface area contributed by atoms with Gasteiger partial charge in [0, 0.05) is 42.6 Å². The number of anilines is 1. The molecule has 4 nitrogen and oxygen atoms in total. The van der Waals surface area contributed by atoms with Gasteiger partial charge in [-0.25, -0.2) is 8.78 Å². The first kappa shape index (κ1) is 16.4. The second-order valence-corrected chi connectivity index (χ2v) is 6.79. The van der Waals surface area contributed by atoms with Gasteiger partial charge in [0.15, 0.2) is 0 Å². The first-order valence-electron chi connectivity index (χ1n) is 7.68. The molecular formula is C18H18F2N2O2. The Labute approximate surface area is 138 Å². The largest absolute Gasteiger partial charge is 0.323 e. The summed E-state index contributed by atoms with van der Waals surface area (Å²) in [7, 11) is 0. The smallest absolute Gasteiger partial charge is 0.251 e. The summed E-state index contributed by atoms with van der Waals surface area (Å²) in [5, 5.41) is 0. The summed E-state index contributed by atoms with van der Waals surface area (Å²) in [5.74, 6) is -1.48. The molecule has 0 radical (unpaired) electrons. The predicted molar refractivity (Wildman–Crippen MR) is 87.3 cm³/mol. The second-order valence-electron chi connectivity index (χ2n) is 6.79. The van der Waals surface area contributed by atoms with E-state index < -0.39 is 11.6 Å². The zero-order valence-electron chi connectivity index (χ0n) is 13.7. The van der Waals surface area contributed by atoms with Crippen molar-refractivity contribution in [3.8, 4) is 0 Å². The number of benzene rings is 1. The number of halogens is 2. The summed E-state index contributed by atoms with van der Waals surface area (Å²) in [5.41, 5.74) is 1.23. The van der Waals surface area contributed by atoms with Gasteiger partial charge >= 0.3 is 0 Å². The first-order chi connectivity index (χ1) is 11.2. The molecule has 0 unspecified atom stereocenters. The van der Waals surface area contributed by atoms with Crippen LogP contribution in [0.5, 0.6) is 0 Å². The van der Waals surface area contributed by atoms with E-state index in [-0.39, 0.29) is 28.9 Å². The monoisotopic (exact) mass is 332 g/mol. The van der Waals surface area contributed by atoms with Gasteiger partial charge in [0.1, 0.15) is 11.6 Å². The van der Waals surface area contributed by atoms with Crippen LogP contribution >= 0.6 is 0 Å². The van der Waals surface area contributed by atoms with Crippen molar-refractivity contribution in [1.82, 2.24) is 4.98 Å². The second kappa shape index (κ2) is 5.54. The van der Waals surface area contributed by atoms with Crippen LogP contribution in [0.4, 0.5) is 14.5 Å². The van der Waals surface area contributed by atoms with Crippen molar-refractivity contribution in [2.75, 3.05) is 11.4 Å². The average Bonchev–Trinajstić information content (AvgIpc) is 2.74. The van der Waals surface area contributed by atoms with Crippen molar-refractivity contribution in [3.63, 3.8) is 0 Å². The van der Waals surface area contributed by atoms with Crippen molar-refractivity contribution in [3.05, 3.63) is 63.1 Å². The topological polar surface area (TPSA) is 53.2 Å². The van der Waals surface area contributed by atoms with Gasteiger partial charge in [0.25, 0.3) is 5.56 Å². The number of nitrogens with one attached hydrogen (secondary N) is 1. The molecule has 0 saturated heterocycles. The van der Waals surface area contributed by atoms with Gasteiger partial charge < -0.3 is 9.88 Å². The van der Waals surface area contributed by atoms with E-state index in [2.05, 4.69) is 4.98 Å². The number of carbonyl (C=O) groups excluding carboxylic acids is 1. The molecule has 1 N–H and O–H groups in total. The van der Waals surface area contributed by atoms with Crippen LogP contribution in [-0.2, 0) is 16.6 Å². The fourth-order valence-corrected chi connectivity index (χ4v) is 3.13. The number of pyridine rings is 1.